The van der Waals surface area contributed by atoms with Gasteiger partial charge in [0.15, 0.2) is 0 Å². The van der Waals surface area contributed by atoms with Crippen LogP contribution >= 0.6 is 0 Å². The molecule has 0 saturated heterocycles. The Morgan fingerprint density at radius 1 is 1.20 bits per heavy atom. The summed E-state index contributed by atoms with van der Waals surface area (Å²) in [5.41, 5.74) is 1.49. The molecule has 0 saturated carbocycles. The van der Waals surface area contributed by atoms with Gasteiger partial charge in [-0.05, 0) is 12.1 Å². The number of imidazole rings is 2. The molecule has 104 valence electrons. The lowest BCUT2D eigenvalue weighted by Crippen LogP contribution is -2.11. The van der Waals surface area contributed by atoms with Crippen LogP contribution in [-0.4, -0.2) is 24.2 Å². The third-order valence-electron chi connectivity index (χ3n) is 3.13. The maximum absolute atomic E-state index is 12.8. The van der Waals surface area contributed by atoms with Crippen molar-refractivity contribution < 1.29 is 13.9 Å². The summed E-state index contributed by atoms with van der Waals surface area (Å²) < 4.78 is 28.2. The van der Waals surface area contributed by atoms with E-state index >= 15 is 0 Å². The van der Waals surface area contributed by atoms with Gasteiger partial charge in [0.25, 0.3) is 0 Å². The number of benzene rings is 1. The fourth-order valence-corrected chi connectivity index (χ4v) is 2.21. The van der Waals surface area contributed by atoms with Gasteiger partial charge in [0.05, 0.1) is 17.6 Å². The lowest BCUT2D eigenvalue weighted by atomic mass is 10.3. The Balaban J connectivity index is 2.07. The highest BCUT2D eigenvalue weighted by Crippen LogP contribution is 2.19. The zero-order chi connectivity index (χ0) is 14.1. The second kappa shape index (κ2) is 5.01. The number of aliphatic hydroxyl groups is 1. The van der Waals surface area contributed by atoms with E-state index in [4.69, 9.17) is 0 Å². The van der Waals surface area contributed by atoms with Gasteiger partial charge >= 0.3 is 6.55 Å². The molecule has 20 heavy (non-hydrogen) atoms. The molecule has 0 unspecified atom stereocenters. The maximum Gasteiger partial charge on any atom is 0.319 e. The molecule has 5 nitrogen and oxygen atoms in total. The van der Waals surface area contributed by atoms with Crippen LogP contribution in [0, 0.1) is 0 Å². The number of rotatable bonds is 4. The number of para-hydroxylation sites is 2. The second-order valence-electron chi connectivity index (χ2n) is 4.29. The number of halogens is 2. The van der Waals surface area contributed by atoms with Crippen LogP contribution in [0.15, 0.2) is 36.7 Å². The predicted molar refractivity (Wildman–Crippen MR) is 68.2 cm³/mol. The topological polar surface area (TPSA) is 55.9 Å². The van der Waals surface area contributed by atoms with Crippen LogP contribution in [0.5, 0.6) is 0 Å². The SMILES string of the molecule is OCc1nc2ccccc2n1Cc1nccn1C(F)F. The van der Waals surface area contributed by atoms with Crippen molar-refractivity contribution in [2.75, 3.05) is 0 Å². The zero-order valence-corrected chi connectivity index (χ0v) is 10.4. The Kier molecular flexibility index (Phi) is 3.19. The molecule has 7 heteroatoms. The van der Waals surface area contributed by atoms with Gasteiger partial charge in [-0.25, -0.2) is 9.97 Å². The van der Waals surface area contributed by atoms with Crippen molar-refractivity contribution >= 4 is 11.0 Å². The largest absolute Gasteiger partial charge is 0.388 e. The van der Waals surface area contributed by atoms with Gasteiger partial charge in [-0.15, -0.1) is 0 Å². The van der Waals surface area contributed by atoms with Crippen molar-refractivity contribution in [3.8, 4) is 0 Å². The fourth-order valence-electron chi connectivity index (χ4n) is 2.21. The Morgan fingerprint density at radius 2 is 2.00 bits per heavy atom. The highest BCUT2D eigenvalue weighted by atomic mass is 19.3. The first kappa shape index (κ1) is 12.7. The first-order chi connectivity index (χ1) is 9.70. The minimum atomic E-state index is -2.64. The van der Waals surface area contributed by atoms with E-state index in [-0.39, 0.29) is 19.0 Å². The lowest BCUT2D eigenvalue weighted by Gasteiger charge is -2.10. The van der Waals surface area contributed by atoms with Gasteiger partial charge in [0.2, 0.25) is 0 Å². The van der Waals surface area contributed by atoms with E-state index in [2.05, 4.69) is 9.97 Å². The molecule has 1 aromatic carbocycles. The first-order valence-electron chi connectivity index (χ1n) is 6.05. The molecule has 2 heterocycles. The molecule has 0 atom stereocenters. The Morgan fingerprint density at radius 3 is 2.75 bits per heavy atom. The summed E-state index contributed by atoms with van der Waals surface area (Å²) in [6.45, 7) is -2.77. The van der Waals surface area contributed by atoms with Crippen LogP contribution in [0.3, 0.4) is 0 Å². The Labute approximate surface area is 113 Å². The molecule has 0 amide bonds. The third-order valence-corrected chi connectivity index (χ3v) is 3.13. The van der Waals surface area contributed by atoms with Crippen LogP contribution in [0.1, 0.15) is 18.2 Å². The van der Waals surface area contributed by atoms with E-state index in [9.17, 15) is 13.9 Å². The Hall–Kier alpha value is -2.28. The van der Waals surface area contributed by atoms with Crippen molar-refractivity contribution in [2.24, 2.45) is 0 Å². The minimum Gasteiger partial charge on any atom is -0.388 e. The smallest absolute Gasteiger partial charge is 0.319 e. The van der Waals surface area contributed by atoms with E-state index in [0.29, 0.717) is 11.3 Å². The van der Waals surface area contributed by atoms with Gasteiger partial charge in [-0.1, -0.05) is 12.1 Å². The molecule has 0 aliphatic carbocycles. The first-order valence-corrected chi connectivity index (χ1v) is 6.05. The molecular formula is C13H12F2N4O. The molecule has 0 radical (unpaired) electrons. The van der Waals surface area contributed by atoms with Crippen molar-refractivity contribution in [1.29, 1.82) is 0 Å². The van der Waals surface area contributed by atoms with Crippen molar-refractivity contribution in [3.63, 3.8) is 0 Å². The number of nitrogens with zero attached hydrogens (tertiary/aromatic N) is 4. The lowest BCUT2D eigenvalue weighted by molar-refractivity contribution is 0.0667. The van der Waals surface area contributed by atoms with Crippen LogP contribution in [0.25, 0.3) is 11.0 Å². The summed E-state index contributed by atoms with van der Waals surface area (Å²) in [5, 5.41) is 9.37. The van der Waals surface area contributed by atoms with Crippen LogP contribution in [0.4, 0.5) is 8.78 Å². The average molecular weight is 278 g/mol. The van der Waals surface area contributed by atoms with Crippen molar-refractivity contribution in [1.82, 2.24) is 19.1 Å². The van der Waals surface area contributed by atoms with E-state index < -0.39 is 6.55 Å². The van der Waals surface area contributed by atoms with Gasteiger partial charge in [-0.3, -0.25) is 4.57 Å². The molecule has 0 fully saturated rings. The van der Waals surface area contributed by atoms with Gasteiger partial charge in [-0.2, -0.15) is 8.78 Å². The molecular weight excluding hydrogens is 266 g/mol. The van der Waals surface area contributed by atoms with Crippen LogP contribution in [0.2, 0.25) is 0 Å². The van der Waals surface area contributed by atoms with Gasteiger partial charge in [0.1, 0.15) is 18.3 Å². The number of fused-ring (bicyclic) bond motifs is 1. The molecule has 0 aliphatic heterocycles. The van der Waals surface area contributed by atoms with Crippen LogP contribution < -0.4 is 0 Å². The minimum absolute atomic E-state index is 0.133. The summed E-state index contributed by atoms with van der Waals surface area (Å²) in [6, 6.07) is 7.31. The molecule has 0 bridgehead atoms. The summed E-state index contributed by atoms with van der Waals surface area (Å²) in [6.07, 6.45) is 2.57. The summed E-state index contributed by atoms with van der Waals surface area (Å²) in [7, 11) is 0. The average Bonchev–Trinajstić information content (AvgIpc) is 3.04. The number of hydrogen-bond acceptors (Lipinski definition) is 3. The highest BCUT2D eigenvalue weighted by Gasteiger charge is 2.15. The third kappa shape index (κ3) is 2.05. The van der Waals surface area contributed by atoms with E-state index in [1.165, 1.54) is 12.4 Å². The Bertz CT molecular complexity index is 735. The summed E-state index contributed by atoms with van der Waals surface area (Å²) in [4.78, 5) is 8.22. The molecule has 1 N–H and O–H groups in total. The van der Waals surface area contributed by atoms with E-state index in [1.54, 1.807) is 4.57 Å². The van der Waals surface area contributed by atoms with Crippen molar-refractivity contribution in [3.05, 3.63) is 48.3 Å². The number of aliphatic hydroxyl groups excluding tert-OH is 1. The molecule has 0 spiro atoms. The monoisotopic (exact) mass is 278 g/mol. The quantitative estimate of drug-likeness (QED) is 0.795. The fraction of sp³-hybridized carbons (Fsp3) is 0.231. The zero-order valence-electron chi connectivity index (χ0n) is 10.4. The molecule has 3 aromatic rings. The molecule has 0 aliphatic rings. The van der Waals surface area contributed by atoms with E-state index in [0.717, 1.165) is 10.1 Å². The number of alkyl halides is 2. The van der Waals surface area contributed by atoms with Crippen molar-refractivity contribution in [2.45, 2.75) is 19.7 Å². The maximum atomic E-state index is 12.8. The summed E-state index contributed by atoms with van der Waals surface area (Å²) in [5.74, 6) is 0.646. The predicted octanol–water partition coefficient (Wildman–Crippen LogP) is 2.17. The molecule has 3 rings (SSSR count). The van der Waals surface area contributed by atoms with Crippen LogP contribution in [-0.2, 0) is 13.2 Å². The second-order valence-corrected chi connectivity index (χ2v) is 4.29. The van der Waals surface area contributed by atoms with E-state index in [1.807, 2.05) is 24.3 Å². The van der Waals surface area contributed by atoms with Gasteiger partial charge < -0.3 is 9.67 Å². The van der Waals surface area contributed by atoms with Gasteiger partial charge in [0, 0.05) is 12.4 Å². The normalized spacial score (nSPS) is 11.6. The number of aromatic nitrogens is 4. The standard InChI is InChI=1S/C13H12F2N4O/c14-13(15)18-6-5-16-11(18)7-19-10-4-2-1-3-9(10)17-12(19)8-20/h1-6,13,20H,7-8H2. The molecule has 2 aromatic heterocycles. The summed E-state index contributed by atoms with van der Waals surface area (Å²) >= 11 is 0. The number of hydrogen-bond donors (Lipinski definition) is 1. The highest BCUT2D eigenvalue weighted by molar-refractivity contribution is 5.75.